The zero-order valence-electron chi connectivity index (χ0n) is 8.40. The third-order valence-electron chi connectivity index (χ3n) is 2.64. The molecule has 2 N–H and O–H groups in total. The number of hydrogen-bond donors (Lipinski definition) is 1. The standard InChI is InChI=1S/C13H15N/c1-2-13(14)12-8-7-10-5-3-4-6-11(10)9-12/h3-9,13H,2,14H2,1H3. The Labute approximate surface area is 84.5 Å². The zero-order chi connectivity index (χ0) is 9.97. The maximum Gasteiger partial charge on any atom is 0.0292 e. The second kappa shape index (κ2) is 3.81. The number of nitrogens with two attached hydrogens (primary N) is 1. The van der Waals surface area contributed by atoms with Crippen molar-refractivity contribution in [2.75, 3.05) is 0 Å². The van der Waals surface area contributed by atoms with Gasteiger partial charge in [0.2, 0.25) is 0 Å². The molecule has 0 aliphatic heterocycles. The minimum Gasteiger partial charge on any atom is -0.324 e. The average Bonchev–Trinajstić information content (AvgIpc) is 2.27. The first-order chi connectivity index (χ1) is 6.81. The summed E-state index contributed by atoms with van der Waals surface area (Å²) < 4.78 is 0. The molecule has 0 saturated carbocycles. The van der Waals surface area contributed by atoms with Crippen LogP contribution in [-0.4, -0.2) is 0 Å². The van der Waals surface area contributed by atoms with Crippen molar-refractivity contribution in [1.29, 1.82) is 0 Å². The van der Waals surface area contributed by atoms with E-state index in [9.17, 15) is 0 Å². The van der Waals surface area contributed by atoms with Crippen LogP contribution in [0.2, 0.25) is 0 Å². The van der Waals surface area contributed by atoms with Crippen molar-refractivity contribution < 1.29 is 0 Å². The first-order valence-corrected chi connectivity index (χ1v) is 5.05. The lowest BCUT2D eigenvalue weighted by Gasteiger charge is -2.09. The number of hydrogen-bond acceptors (Lipinski definition) is 1. The molecule has 0 aromatic heterocycles. The van der Waals surface area contributed by atoms with Crippen LogP contribution in [0, 0.1) is 0 Å². The molecule has 0 heterocycles. The molecular weight excluding hydrogens is 170 g/mol. The Bertz CT molecular complexity index is 434. The maximum absolute atomic E-state index is 5.99. The first-order valence-electron chi connectivity index (χ1n) is 5.05. The second-order valence-electron chi connectivity index (χ2n) is 3.62. The van der Waals surface area contributed by atoms with Gasteiger partial charge in [-0.1, -0.05) is 43.3 Å². The molecule has 0 amide bonds. The van der Waals surface area contributed by atoms with Gasteiger partial charge in [0.25, 0.3) is 0 Å². The normalized spacial score (nSPS) is 13.0. The van der Waals surface area contributed by atoms with Crippen LogP contribution >= 0.6 is 0 Å². The van der Waals surface area contributed by atoms with Gasteiger partial charge in [0.1, 0.15) is 0 Å². The van der Waals surface area contributed by atoms with Gasteiger partial charge in [0.05, 0.1) is 0 Å². The van der Waals surface area contributed by atoms with Gasteiger partial charge >= 0.3 is 0 Å². The van der Waals surface area contributed by atoms with E-state index in [4.69, 9.17) is 5.73 Å². The van der Waals surface area contributed by atoms with E-state index in [0.717, 1.165) is 6.42 Å². The van der Waals surface area contributed by atoms with Crippen LogP contribution in [0.3, 0.4) is 0 Å². The minimum absolute atomic E-state index is 0.166. The molecule has 1 atom stereocenters. The van der Waals surface area contributed by atoms with Crippen molar-refractivity contribution in [2.45, 2.75) is 19.4 Å². The average molecular weight is 185 g/mol. The van der Waals surface area contributed by atoms with E-state index in [1.54, 1.807) is 0 Å². The van der Waals surface area contributed by atoms with Crippen LogP contribution in [0.1, 0.15) is 24.9 Å². The highest BCUT2D eigenvalue weighted by molar-refractivity contribution is 5.83. The molecule has 1 nitrogen and oxygen atoms in total. The Hall–Kier alpha value is -1.34. The van der Waals surface area contributed by atoms with Crippen molar-refractivity contribution in [3.05, 3.63) is 48.0 Å². The van der Waals surface area contributed by atoms with Crippen LogP contribution in [0.5, 0.6) is 0 Å². The lowest BCUT2D eigenvalue weighted by Crippen LogP contribution is -2.08. The number of fused-ring (bicyclic) bond motifs is 1. The fourth-order valence-electron chi connectivity index (χ4n) is 1.67. The van der Waals surface area contributed by atoms with E-state index in [2.05, 4.69) is 49.4 Å². The van der Waals surface area contributed by atoms with E-state index >= 15 is 0 Å². The van der Waals surface area contributed by atoms with Crippen LogP contribution in [0.25, 0.3) is 10.8 Å². The summed E-state index contributed by atoms with van der Waals surface area (Å²) in [6.07, 6.45) is 0.984. The van der Waals surface area contributed by atoms with E-state index in [-0.39, 0.29) is 6.04 Å². The number of benzene rings is 2. The Morgan fingerprint density at radius 1 is 1.07 bits per heavy atom. The summed E-state index contributed by atoms with van der Waals surface area (Å²) in [6, 6.07) is 15.0. The largest absolute Gasteiger partial charge is 0.324 e. The molecule has 1 heteroatoms. The second-order valence-corrected chi connectivity index (χ2v) is 3.62. The summed E-state index contributed by atoms with van der Waals surface area (Å²) in [5, 5.41) is 2.55. The van der Waals surface area contributed by atoms with Crippen molar-refractivity contribution in [3.63, 3.8) is 0 Å². The van der Waals surface area contributed by atoms with Crippen LogP contribution in [0.4, 0.5) is 0 Å². The fraction of sp³-hybridized carbons (Fsp3) is 0.231. The van der Waals surface area contributed by atoms with Crippen LogP contribution in [0.15, 0.2) is 42.5 Å². The Morgan fingerprint density at radius 2 is 1.79 bits per heavy atom. The lowest BCUT2D eigenvalue weighted by atomic mass is 10.0. The third kappa shape index (κ3) is 1.64. The Morgan fingerprint density at radius 3 is 2.50 bits per heavy atom. The molecule has 1 unspecified atom stereocenters. The van der Waals surface area contributed by atoms with Gasteiger partial charge in [-0.15, -0.1) is 0 Å². The molecule has 14 heavy (non-hydrogen) atoms. The SMILES string of the molecule is CCC(N)c1ccc2ccccc2c1. The molecule has 2 rings (SSSR count). The van der Waals surface area contributed by atoms with Gasteiger partial charge in [-0.3, -0.25) is 0 Å². The van der Waals surface area contributed by atoms with Crippen LogP contribution in [-0.2, 0) is 0 Å². The highest BCUT2D eigenvalue weighted by atomic mass is 14.6. The summed E-state index contributed by atoms with van der Waals surface area (Å²) >= 11 is 0. The zero-order valence-corrected chi connectivity index (χ0v) is 8.40. The maximum atomic E-state index is 5.99. The molecule has 0 aliphatic carbocycles. The minimum atomic E-state index is 0.166. The molecule has 2 aromatic carbocycles. The summed E-state index contributed by atoms with van der Waals surface area (Å²) in [7, 11) is 0. The molecule has 0 radical (unpaired) electrons. The smallest absolute Gasteiger partial charge is 0.0292 e. The lowest BCUT2D eigenvalue weighted by molar-refractivity contribution is 0.700. The fourth-order valence-corrected chi connectivity index (χ4v) is 1.67. The van der Waals surface area contributed by atoms with Crippen molar-refractivity contribution in [3.8, 4) is 0 Å². The van der Waals surface area contributed by atoms with E-state index < -0.39 is 0 Å². The summed E-state index contributed by atoms with van der Waals surface area (Å²) in [5.41, 5.74) is 7.21. The third-order valence-corrected chi connectivity index (χ3v) is 2.64. The monoisotopic (exact) mass is 185 g/mol. The van der Waals surface area contributed by atoms with Crippen LogP contribution < -0.4 is 5.73 Å². The molecule has 2 aromatic rings. The molecule has 0 fully saturated rings. The predicted octanol–water partition coefficient (Wildman–Crippen LogP) is 3.25. The molecule has 0 spiro atoms. The highest BCUT2D eigenvalue weighted by Crippen LogP contribution is 2.20. The van der Waals surface area contributed by atoms with Gasteiger partial charge in [-0.05, 0) is 28.8 Å². The van der Waals surface area contributed by atoms with E-state index in [1.807, 2.05) is 0 Å². The van der Waals surface area contributed by atoms with E-state index in [0.29, 0.717) is 0 Å². The van der Waals surface area contributed by atoms with Gasteiger partial charge in [0.15, 0.2) is 0 Å². The van der Waals surface area contributed by atoms with Crippen molar-refractivity contribution >= 4 is 10.8 Å². The van der Waals surface area contributed by atoms with Crippen molar-refractivity contribution in [2.24, 2.45) is 5.73 Å². The van der Waals surface area contributed by atoms with Gasteiger partial charge in [-0.25, -0.2) is 0 Å². The van der Waals surface area contributed by atoms with Gasteiger partial charge in [0, 0.05) is 6.04 Å². The summed E-state index contributed by atoms with van der Waals surface area (Å²) in [5.74, 6) is 0. The predicted molar refractivity (Wildman–Crippen MR) is 61.2 cm³/mol. The molecule has 72 valence electrons. The summed E-state index contributed by atoms with van der Waals surface area (Å²) in [4.78, 5) is 0. The van der Waals surface area contributed by atoms with E-state index in [1.165, 1.54) is 16.3 Å². The van der Waals surface area contributed by atoms with Crippen molar-refractivity contribution in [1.82, 2.24) is 0 Å². The molecule has 0 aliphatic rings. The number of rotatable bonds is 2. The quantitative estimate of drug-likeness (QED) is 0.763. The molecular formula is C13H15N. The Balaban J connectivity index is 2.51. The topological polar surface area (TPSA) is 26.0 Å². The summed E-state index contributed by atoms with van der Waals surface area (Å²) in [6.45, 7) is 2.11. The molecule has 0 saturated heterocycles. The highest BCUT2D eigenvalue weighted by Gasteiger charge is 2.02. The van der Waals surface area contributed by atoms with Gasteiger partial charge in [-0.2, -0.15) is 0 Å². The Kier molecular flexibility index (Phi) is 2.51. The first kappa shape index (κ1) is 9.22. The molecule has 0 bridgehead atoms. The van der Waals surface area contributed by atoms with Gasteiger partial charge < -0.3 is 5.73 Å².